The molecule has 0 spiro atoms. The molecule has 26 heavy (non-hydrogen) atoms. The molecular formula is C20H21ClN2O2S. The molecular weight excluding hydrogens is 368 g/mol. The first kappa shape index (κ1) is 18.8. The van der Waals surface area contributed by atoms with Crippen LogP contribution in [-0.2, 0) is 11.3 Å². The molecule has 0 radical (unpaired) electrons. The molecule has 0 unspecified atom stereocenters. The van der Waals surface area contributed by atoms with Crippen molar-refractivity contribution < 1.29 is 9.53 Å². The lowest BCUT2D eigenvalue weighted by atomic mass is 10.2. The fourth-order valence-corrected chi connectivity index (χ4v) is 3.55. The Bertz CT molecular complexity index is 923. The van der Waals surface area contributed by atoms with Crippen LogP contribution >= 0.6 is 23.4 Å². The first-order chi connectivity index (χ1) is 12.6. The van der Waals surface area contributed by atoms with Gasteiger partial charge in [0.05, 0.1) is 24.2 Å². The van der Waals surface area contributed by atoms with E-state index in [1.807, 2.05) is 60.9 Å². The standard InChI is InChI=1S/C20H21ClN2O2S/c1-3-15(24)13-23-19-7-5-4-6-18(19)22-20(23)26-11-10-25-16-8-9-17(21)14(2)12-16/h4-9,12H,3,10-11,13H2,1-2H3. The molecule has 3 aromatic rings. The Balaban J connectivity index is 1.67. The van der Waals surface area contributed by atoms with Crippen molar-refractivity contribution >= 4 is 40.2 Å². The van der Waals surface area contributed by atoms with Gasteiger partial charge in [0.25, 0.3) is 0 Å². The van der Waals surface area contributed by atoms with E-state index >= 15 is 0 Å². The zero-order chi connectivity index (χ0) is 18.5. The Hall–Kier alpha value is -1.98. The van der Waals surface area contributed by atoms with Crippen LogP contribution in [0.15, 0.2) is 47.6 Å². The normalized spacial score (nSPS) is 11.0. The van der Waals surface area contributed by atoms with Crippen LogP contribution in [0, 0.1) is 6.92 Å². The molecule has 0 aliphatic carbocycles. The second-order valence-corrected chi connectivity index (χ2v) is 7.44. The minimum atomic E-state index is 0.197. The van der Waals surface area contributed by atoms with Crippen LogP contribution in [0.1, 0.15) is 18.9 Å². The smallest absolute Gasteiger partial charge is 0.169 e. The van der Waals surface area contributed by atoms with Gasteiger partial charge in [-0.05, 0) is 42.8 Å². The SMILES string of the molecule is CCC(=O)Cn1c(SCCOc2ccc(Cl)c(C)c2)nc2ccccc21. The second-order valence-electron chi connectivity index (χ2n) is 5.97. The Morgan fingerprint density at radius 2 is 2.08 bits per heavy atom. The van der Waals surface area contributed by atoms with Crippen LogP contribution < -0.4 is 4.74 Å². The summed E-state index contributed by atoms with van der Waals surface area (Å²) in [6.45, 7) is 4.75. The highest BCUT2D eigenvalue weighted by Gasteiger charge is 2.13. The van der Waals surface area contributed by atoms with Crippen LogP contribution in [0.2, 0.25) is 5.02 Å². The molecule has 0 atom stereocenters. The number of Topliss-reactive ketones (excluding diaryl/α,β-unsaturated/α-hetero) is 1. The summed E-state index contributed by atoms with van der Waals surface area (Å²) in [5, 5.41) is 1.59. The zero-order valence-corrected chi connectivity index (χ0v) is 16.4. The van der Waals surface area contributed by atoms with Crippen molar-refractivity contribution in [3.8, 4) is 5.75 Å². The quantitative estimate of drug-likeness (QED) is 0.395. The van der Waals surface area contributed by atoms with Gasteiger partial charge >= 0.3 is 0 Å². The van der Waals surface area contributed by atoms with Crippen molar-refractivity contribution in [3.63, 3.8) is 0 Å². The summed E-state index contributed by atoms with van der Waals surface area (Å²) in [6, 6.07) is 13.5. The molecule has 1 heterocycles. The van der Waals surface area contributed by atoms with Gasteiger partial charge in [-0.1, -0.05) is 42.4 Å². The van der Waals surface area contributed by atoms with Crippen molar-refractivity contribution in [2.24, 2.45) is 0 Å². The van der Waals surface area contributed by atoms with E-state index in [2.05, 4.69) is 4.98 Å². The molecule has 1 aromatic heterocycles. The summed E-state index contributed by atoms with van der Waals surface area (Å²) < 4.78 is 7.79. The number of imidazole rings is 1. The highest BCUT2D eigenvalue weighted by Crippen LogP contribution is 2.25. The summed E-state index contributed by atoms with van der Waals surface area (Å²) in [7, 11) is 0. The van der Waals surface area contributed by atoms with E-state index in [4.69, 9.17) is 16.3 Å². The van der Waals surface area contributed by atoms with Crippen molar-refractivity contribution in [1.82, 2.24) is 9.55 Å². The number of thioether (sulfide) groups is 1. The maximum Gasteiger partial charge on any atom is 0.169 e. The molecule has 0 aliphatic rings. The minimum Gasteiger partial charge on any atom is -0.493 e. The van der Waals surface area contributed by atoms with E-state index in [9.17, 15) is 4.79 Å². The number of halogens is 1. The fraction of sp³-hybridized carbons (Fsp3) is 0.300. The number of carbonyl (C=O) groups is 1. The molecule has 0 N–H and O–H groups in total. The molecule has 0 amide bonds. The molecule has 6 heteroatoms. The molecule has 0 saturated carbocycles. The number of carbonyl (C=O) groups excluding carboxylic acids is 1. The lowest BCUT2D eigenvalue weighted by Gasteiger charge is -2.09. The highest BCUT2D eigenvalue weighted by molar-refractivity contribution is 7.99. The number of fused-ring (bicyclic) bond motifs is 1. The van der Waals surface area contributed by atoms with E-state index in [-0.39, 0.29) is 5.78 Å². The Morgan fingerprint density at radius 1 is 1.27 bits per heavy atom. The molecule has 0 bridgehead atoms. The lowest BCUT2D eigenvalue weighted by molar-refractivity contribution is -0.119. The summed E-state index contributed by atoms with van der Waals surface area (Å²) in [5.41, 5.74) is 2.90. The van der Waals surface area contributed by atoms with Crippen LogP contribution in [0.25, 0.3) is 11.0 Å². The fourth-order valence-electron chi connectivity index (χ4n) is 2.60. The average molecular weight is 389 g/mol. The minimum absolute atomic E-state index is 0.197. The van der Waals surface area contributed by atoms with E-state index in [1.54, 1.807) is 11.8 Å². The number of hydrogen-bond donors (Lipinski definition) is 0. The maximum absolute atomic E-state index is 12.0. The number of ether oxygens (including phenoxy) is 1. The van der Waals surface area contributed by atoms with Crippen molar-refractivity contribution in [1.29, 1.82) is 0 Å². The summed E-state index contributed by atoms with van der Waals surface area (Å²) in [6.07, 6.45) is 0.523. The van der Waals surface area contributed by atoms with E-state index in [0.717, 1.165) is 38.3 Å². The zero-order valence-electron chi connectivity index (χ0n) is 14.9. The van der Waals surface area contributed by atoms with Crippen molar-refractivity contribution in [3.05, 3.63) is 53.1 Å². The average Bonchev–Trinajstić information content (AvgIpc) is 2.99. The van der Waals surface area contributed by atoms with Crippen LogP contribution in [0.4, 0.5) is 0 Å². The highest BCUT2D eigenvalue weighted by atomic mass is 35.5. The predicted octanol–water partition coefficient (Wildman–Crippen LogP) is 5.15. The van der Waals surface area contributed by atoms with Crippen molar-refractivity contribution in [2.45, 2.75) is 32.0 Å². The summed E-state index contributed by atoms with van der Waals surface area (Å²) in [5.74, 6) is 1.75. The topological polar surface area (TPSA) is 44.1 Å². The summed E-state index contributed by atoms with van der Waals surface area (Å²) in [4.78, 5) is 16.6. The van der Waals surface area contributed by atoms with Gasteiger partial charge in [0, 0.05) is 17.2 Å². The second kappa shape index (κ2) is 8.60. The number of aryl methyl sites for hydroxylation is 1. The third-order valence-electron chi connectivity index (χ3n) is 4.06. The monoisotopic (exact) mass is 388 g/mol. The van der Waals surface area contributed by atoms with Crippen LogP contribution in [0.3, 0.4) is 0 Å². The number of ketones is 1. The number of hydrogen-bond acceptors (Lipinski definition) is 4. The predicted molar refractivity (Wildman–Crippen MR) is 107 cm³/mol. The first-order valence-corrected chi connectivity index (χ1v) is 9.93. The molecule has 0 saturated heterocycles. The van der Waals surface area contributed by atoms with Gasteiger partial charge in [-0.25, -0.2) is 4.98 Å². The van der Waals surface area contributed by atoms with Gasteiger partial charge in [-0.3, -0.25) is 4.79 Å². The van der Waals surface area contributed by atoms with E-state index in [0.29, 0.717) is 19.6 Å². The first-order valence-electron chi connectivity index (χ1n) is 8.57. The number of para-hydroxylation sites is 2. The van der Waals surface area contributed by atoms with Gasteiger partial charge < -0.3 is 9.30 Å². The Kier molecular flexibility index (Phi) is 6.22. The number of aromatic nitrogens is 2. The number of benzene rings is 2. The van der Waals surface area contributed by atoms with Crippen LogP contribution in [-0.4, -0.2) is 27.7 Å². The lowest BCUT2D eigenvalue weighted by Crippen LogP contribution is -2.10. The van der Waals surface area contributed by atoms with Gasteiger partial charge in [0.15, 0.2) is 10.9 Å². The number of nitrogens with zero attached hydrogens (tertiary/aromatic N) is 2. The van der Waals surface area contributed by atoms with Crippen molar-refractivity contribution in [2.75, 3.05) is 12.4 Å². The van der Waals surface area contributed by atoms with Gasteiger partial charge in [0.2, 0.25) is 0 Å². The van der Waals surface area contributed by atoms with E-state index in [1.165, 1.54) is 0 Å². The third-order valence-corrected chi connectivity index (χ3v) is 5.43. The molecule has 4 nitrogen and oxygen atoms in total. The third kappa shape index (κ3) is 4.40. The largest absolute Gasteiger partial charge is 0.493 e. The molecule has 3 rings (SSSR count). The van der Waals surface area contributed by atoms with E-state index < -0.39 is 0 Å². The molecule has 136 valence electrons. The van der Waals surface area contributed by atoms with Gasteiger partial charge in [-0.15, -0.1) is 0 Å². The maximum atomic E-state index is 12.0. The Morgan fingerprint density at radius 3 is 2.85 bits per heavy atom. The summed E-state index contributed by atoms with van der Waals surface area (Å²) >= 11 is 7.63. The van der Waals surface area contributed by atoms with Crippen LogP contribution in [0.5, 0.6) is 5.75 Å². The Labute approximate surface area is 162 Å². The molecule has 0 fully saturated rings. The van der Waals surface area contributed by atoms with Gasteiger partial charge in [-0.2, -0.15) is 0 Å². The molecule has 2 aromatic carbocycles. The van der Waals surface area contributed by atoms with Gasteiger partial charge in [0.1, 0.15) is 5.75 Å². The molecule has 0 aliphatic heterocycles. The number of rotatable bonds is 8.